The Kier molecular flexibility index (Phi) is 5.81. The van der Waals surface area contributed by atoms with Crippen LogP contribution >= 0.6 is 16.1 Å². The van der Waals surface area contributed by atoms with Gasteiger partial charge in [-0.25, -0.2) is 13.9 Å². The number of phosphoric acid groups is 1. The number of hydrogen-bond donors (Lipinski definition) is 5. The van der Waals surface area contributed by atoms with Gasteiger partial charge in [0, 0.05) is 12.3 Å². The number of rotatable bonds is 6. The zero-order chi connectivity index (χ0) is 18.1. The van der Waals surface area contributed by atoms with E-state index in [4.69, 9.17) is 14.5 Å². The van der Waals surface area contributed by atoms with E-state index in [1.165, 1.54) is 0 Å². The predicted molar refractivity (Wildman–Crippen MR) is 73.9 cm³/mol. The number of aliphatic hydroxyl groups is 2. The quantitative estimate of drug-likeness (QED) is 0.336. The number of phosphoric ester groups is 1. The molecule has 0 amide bonds. The van der Waals surface area contributed by atoms with Gasteiger partial charge in [0.15, 0.2) is 6.23 Å². The summed E-state index contributed by atoms with van der Waals surface area (Å²) in [6, 6.07) is 0.987. The summed E-state index contributed by atoms with van der Waals surface area (Å²) in [6.07, 6.45) is -4.95. The van der Waals surface area contributed by atoms with E-state index in [0.717, 1.165) is 16.8 Å². The van der Waals surface area contributed by atoms with E-state index in [0.29, 0.717) is 0 Å². The Morgan fingerprint density at radius 1 is 1.38 bits per heavy atom. The summed E-state index contributed by atoms with van der Waals surface area (Å²) in [6.45, 7) is -0.788. The number of nitrogens with zero attached hydrogens (tertiary/aromatic N) is 1. The fourth-order valence-corrected chi connectivity index (χ4v) is 3.23. The molecule has 1 aromatic heterocycles. The lowest BCUT2D eigenvalue weighted by molar-refractivity contribution is -0.0540. The number of hydrogen-bond acceptors (Lipinski definition) is 9. The minimum atomic E-state index is -4.88. The van der Waals surface area contributed by atoms with Crippen molar-refractivity contribution in [3.8, 4) is 0 Å². The molecule has 1 aliphatic rings. The molecule has 1 saturated heterocycles. The smallest absolute Gasteiger partial charge is 0.387 e. The average molecular weight is 387 g/mol. The minimum Gasteiger partial charge on any atom is -0.387 e. The van der Waals surface area contributed by atoms with Crippen LogP contribution in [0, 0.1) is 0 Å². The second-order valence-corrected chi connectivity index (χ2v) is 6.97. The second-order valence-electron chi connectivity index (χ2n) is 4.65. The highest BCUT2D eigenvalue weighted by Crippen LogP contribution is 2.51. The molecule has 2 unspecified atom stereocenters. The van der Waals surface area contributed by atoms with Crippen LogP contribution < -0.4 is 11.2 Å². The van der Waals surface area contributed by atoms with Crippen molar-refractivity contribution in [1.82, 2.24) is 9.55 Å². The van der Waals surface area contributed by atoms with Gasteiger partial charge in [-0.2, -0.15) is 4.31 Å². The van der Waals surface area contributed by atoms with Gasteiger partial charge in [-0.15, -0.1) is 0 Å². The molecular formula is C9H13N2O11P2. The van der Waals surface area contributed by atoms with Gasteiger partial charge < -0.3 is 19.8 Å². The van der Waals surface area contributed by atoms with Crippen molar-refractivity contribution in [1.29, 1.82) is 0 Å². The molecule has 1 aromatic rings. The van der Waals surface area contributed by atoms with Crippen LogP contribution in [-0.2, 0) is 22.7 Å². The third-order valence-corrected chi connectivity index (χ3v) is 4.90. The summed E-state index contributed by atoms with van der Waals surface area (Å²) in [5.41, 5.74) is -1.59. The van der Waals surface area contributed by atoms with Gasteiger partial charge in [-0.1, -0.05) is 0 Å². The van der Waals surface area contributed by atoms with Crippen molar-refractivity contribution in [2.75, 3.05) is 6.61 Å². The Balaban J connectivity index is 2.10. The molecule has 6 atom stereocenters. The fraction of sp³-hybridized carbons (Fsp3) is 0.556. The molecule has 13 nitrogen and oxygen atoms in total. The lowest BCUT2D eigenvalue weighted by Gasteiger charge is -2.17. The summed E-state index contributed by atoms with van der Waals surface area (Å²) in [5.74, 6) is 0. The number of aromatic nitrogens is 2. The molecule has 2 rings (SSSR count). The molecule has 2 heterocycles. The Labute approximate surface area is 133 Å². The van der Waals surface area contributed by atoms with E-state index in [1.807, 2.05) is 4.98 Å². The molecule has 24 heavy (non-hydrogen) atoms. The minimum absolute atomic E-state index is 0.680. The molecule has 0 spiro atoms. The average Bonchev–Trinajstić information content (AvgIpc) is 2.72. The lowest BCUT2D eigenvalue weighted by atomic mass is 10.1. The van der Waals surface area contributed by atoms with Crippen LogP contribution in [0.15, 0.2) is 21.9 Å². The highest BCUT2D eigenvalue weighted by molar-refractivity contribution is 7.55. The first-order valence-electron chi connectivity index (χ1n) is 6.27. The number of nitrogens with one attached hydrogen (secondary N) is 1. The maximum absolute atomic E-state index is 11.7. The first-order chi connectivity index (χ1) is 11.1. The molecule has 1 aliphatic heterocycles. The molecule has 0 aromatic carbocycles. The molecule has 5 N–H and O–H groups in total. The SMILES string of the molecule is O=c1ccn([C@@H]2O[C@H](COP(=O)(O)O[P](=O)O)[C@@H](O)[C@H]2O)c(=O)[nH]1. The topological polar surface area (TPSA) is 198 Å². The Bertz CT molecular complexity index is 775. The van der Waals surface area contributed by atoms with Crippen LogP contribution in [0.25, 0.3) is 0 Å². The largest absolute Gasteiger partial charge is 0.483 e. The second kappa shape index (κ2) is 7.31. The van der Waals surface area contributed by atoms with Gasteiger partial charge in [-0.05, 0) is 0 Å². The van der Waals surface area contributed by atoms with Crippen LogP contribution in [0.1, 0.15) is 6.23 Å². The molecule has 1 fully saturated rings. The normalized spacial score (nSPS) is 30.1. The van der Waals surface area contributed by atoms with E-state index in [9.17, 15) is 28.9 Å². The van der Waals surface area contributed by atoms with Crippen molar-refractivity contribution >= 4 is 16.1 Å². The van der Waals surface area contributed by atoms with Gasteiger partial charge >= 0.3 is 21.8 Å². The van der Waals surface area contributed by atoms with E-state index in [-0.39, 0.29) is 0 Å². The highest BCUT2D eigenvalue weighted by Gasteiger charge is 2.45. The number of H-pyrrole nitrogens is 1. The highest BCUT2D eigenvalue weighted by atomic mass is 31.2. The first kappa shape index (κ1) is 19.1. The summed E-state index contributed by atoms with van der Waals surface area (Å²) in [4.78, 5) is 42.1. The van der Waals surface area contributed by atoms with Gasteiger partial charge in [0.1, 0.15) is 18.3 Å². The van der Waals surface area contributed by atoms with E-state index in [1.54, 1.807) is 0 Å². The van der Waals surface area contributed by atoms with E-state index >= 15 is 0 Å². The van der Waals surface area contributed by atoms with Crippen molar-refractivity contribution < 1.29 is 42.7 Å². The molecule has 0 aliphatic carbocycles. The monoisotopic (exact) mass is 387 g/mol. The maximum Gasteiger partial charge on any atom is 0.483 e. The Morgan fingerprint density at radius 2 is 2.04 bits per heavy atom. The van der Waals surface area contributed by atoms with Crippen LogP contribution in [-0.4, -0.2) is 54.5 Å². The van der Waals surface area contributed by atoms with Gasteiger partial charge in [0.25, 0.3) is 5.56 Å². The Hall–Kier alpha value is -1.27. The molecule has 15 heteroatoms. The first-order valence-corrected chi connectivity index (χ1v) is 8.89. The van der Waals surface area contributed by atoms with Gasteiger partial charge in [0.2, 0.25) is 0 Å². The molecule has 1 radical (unpaired) electrons. The number of aliphatic hydroxyl groups excluding tert-OH is 2. The van der Waals surface area contributed by atoms with E-state index < -0.39 is 58.5 Å². The lowest BCUT2D eigenvalue weighted by Crippen LogP contribution is -2.37. The third kappa shape index (κ3) is 4.42. The Morgan fingerprint density at radius 3 is 2.62 bits per heavy atom. The number of aromatic amines is 1. The van der Waals surface area contributed by atoms with Crippen molar-refractivity contribution in [3.05, 3.63) is 33.1 Å². The van der Waals surface area contributed by atoms with Crippen molar-refractivity contribution in [2.24, 2.45) is 0 Å². The zero-order valence-corrected chi connectivity index (χ0v) is 13.4. The third-order valence-electron chi connectivity index (χ3n) is 3.04. The van der Waals surface area contributed by atoms with Gasteiger partial charge in [-0.3, -0.25) is 23.8 Å². The molecule has 0 saturated carbocycles. The number of ether oxygens (including phenoxy) is 1. The molecule has 0 bridgehead atoms. The van der Waals surface area contributed by atoms with E-state index in [2.05, 4.69) is 8.83 Å². The van der Waals surface area contributed by atoms with Crippen LogP contribution in [0.5, 0.6) is 0 Å². The van der Waals surface area contributed by atoms with Crippen LogP contribution in [0.2, 0.25) is 0 Å². The maximum atomic E-state index is 11.7. The molecular weight excluding hydrogens is 374 g/mol. The summed E-state index contributed by atoms with van der Waals surface area (Å²) in [5, 5.41) is 19.8. The van der Waals surface area contributed by atoms with Crippen molar-refractivity contribution in [2.45, 2.75) is 24.5 Å². The van der Waals surface area contributed by atoms with Crippen molar-refractivity contribution in [3.63, 3.8) is 0 Å². The summed E-state index contributed by atoms with van der Waals surface area (Å²) in [7, 11) is -8.28. The predicted octanol–water partition coefficient (Wildman–Crippen LogP) is -2.06. The summed E-state index contributed by atoms with van der Waals surface area (Å²) < 4.78 is 35.8. The zero-order valence-electron chi connectivity index (χ0n) is 11.7. The summed E-state index contributed by atoms with van der Waals surface area (Å²) >= 11 is 0. The van der Waals surface area contributed by atoms with Gasteiger partial charge in [0.05, 0.1) is 6.61 Å². The molecule has 135 valence electrons. The fourth-order valence-electron chi connectivity index (χ4n) is 2.00. The van der Waals surface area contributed by atoms with Crippen LogP contribution in [0.3, 0.4) is 0 Å². The van der Waals surface area contributed by atoms with Crippen LogP contribution in [0.4, 0.5) is 0 Å². The standard InChI is InChI=1S/C9H13N2O11P2/c12-5-1-2-11(9(15)10-5)8-7(14)6(13)4(21-8)3-20-24(18,19)22-23(16)17/h1-2,4,6-8,13-14H,3H2,(H,16,17)(H,18,19)(H,10,12,15)/t4-,6-,7-,8-/m1/s1.